The van der Waals surface area contributed by atoms with Crippen LogP contribution in [0.15, 0.2) is 12.5 Å². The van der Waals surface area contributed by atoms with E-state index in [9.17, 15) is 0 Å². The van der Waals surface area contributed by atoms with Crippen molar-refractivity contribution in [1.82, 2.24) is 19.8 Å². The normalized spacial score (nSPS) is 29.2. The molecular weight excluding hydrogens is 224 g/mol. The summed E-state index contributed by atoms with van der Waals surface area (Å²) in [4.78, 5) is 6.92. The fourth-order valence-corrected chi connectivity index (χ4v) is 3.36. The molecule has 2 fully saturated rings. The summed E-state index contributed by atoms with van der Waals surface area (Å²) in [5.74, 6) is 1.49. The third kappa shape index (κ3) is 2.45. The van der Waals surface area contributed by atoms with Crippen LogP contribution < -0.4 is 5.32 Å². The second kappa shape index (κ2) is 5.41. The number of likely N-dealkylation sites (tertiary alicyclic amines) is 1. The van der Waals surface area contributed by atoms with Gasteiger partial charge in [-0.05, 0) is 38.4 Å². The number of nitrogens with one attached hydrogen (secondary N) is 1. The Balaban J connectivity index is 1.64. The largest absolute Gasteiger partial charge is 0.334 e. The molecule has 2 saturated heterocycles. The second-order valence-corrected chi connectivity index (χ2v) is 5.71. The Morgan fingerprint density at radius 2 is 2.39 bits per heavy atom. The van der Waals surface area contributed by atoms with Gasteiger partial charge in [-0.25, -0.2) is 4.98 Å². The Morgan fingerprint density at radius 3 is 3.11 bits per heavy atom. The highest BCUT2D eigenvalue weighted by atomic mass is 15.2. The predicted molar refractivity (Wildman–Crippen MR) is 72.7 cm³/mol. The fraction of sp³-hybridized carbons (Fsp3) is 0.786. The molecule has 4 nitrogen and oxygen atoms in total. The molecule has 0 radical (unpaired) electrons. The summed E-state index contributed by atoms with van der Waals surface area (Å²) in [7, 11) is 0. The van der Waals surface area contributed by atoms with Crippen molar-refractivity contribution >= 4 is 0 Å². The minimum Gasteiger partial charge on any atom is -0.334 e. The summed E-state index contributed by atoms with van der Waals surface area (Å²) < 4.78 is 2.40. The quantitative estimate of drug-likeness (QED) is 0.872. The zero-order valence-corrected chi connectivity index (χ0v) is 11.3. The van der Waals surface area contributed by atoms with Gasteiger partial charge in [-0.15, -0.1) is 0 Å². The van der Waals surface area contributed by atoms with E-state index in [1.54, 1.807) is 0 Å². The zero-order valence-electron chi connectivity index (χ0n) is 11.3. The Kier molecular flexibility index (Phi) is 3.66. The lowest BCUT2D eigenvalue weighted by Crippen LogP contribution is -2.22. The van der Waals surface area contributed by atoms with Crippen molar-refractivity contribution in [3.05, 3.63) is 18.2 Å². The first-order valence-electron chi connectivity index (χ1n) is 7.30. The van der Waals surface area contributed by atoms with Gasteiger partial charge in [0.1, 0.15) is 0 Å². The van der Waals surface area contributed by atoms with Crippen LogP contribution in [-0.2, 0) is 6.54 Å². The topological polar surface area (TPSA) is 33.1 Å². The number of imidazole rings is 1. The first-order valence-corrected chi connectivity index (χ1v) is 7.30. The zero-order chi connectivity index (χ0) is 12.4. The van der Waals surface area contributed by atoms with Crippen molar-refractivity contribution < 1.29 is 0 Å². The molecule has 1 aromatic rings. The van der Waals surface area contributed by atoms with Crippen molar-refractivity contribution in [2.75, 3.05) is 32.7 Å². The molecule has 0 aromatic carbocycles. The van der Waals surface area contributed by atoms with E-state index < -0.39 is 0 Å². The molecule has 0 saturated carbocycles. The highest BCUT2D eigenvalue weighted by Crippen LogP contribution is 2.24. The van der Waals surface area contributed by atoms with E-state index in [-0.39, 0.29) is 0 Å². The smallest absolute Gasteiger partial charge is 0.0948 e. The van der Waals surface area contributed by atoms with Crippen molar-refractivity contribution in [1.29, 1.82) is 0 Å². The number of rotatable bonds is 4. The predicted octanol–water partition coefficient (Wildman–Crippen LogP) is 1.30. The van der Waals surface area contributed by atoms with Crippen LogP contribution in [0, 0.1) is 5.92 Å². The van der Waals surface area contributed by atoms with Crippen molar-refractivity contribution in [3.63, 3.8) is 0 Å². The molecule has 1 aromatic heterocycles. The fourth-order valence-electron chi connectivity index (χ4n) is 3.36. The minimum absolute atomic E-state index is 0.677. The molecule has 3 heterocycles. The highest BCUT2D eigenvalue weighted by molar-refractivity contribution is 5.09. The lowest BCUT2D eigenvalue weighted by atomic mass is 10.0. The highest BCUT2D eigenvalue weighted by Gasteiger charge is 2.24. The maximum absolute atomic E-state index is 4.37. The van der Waals surface area contributed by atoms with Crippen LogP contribution in [0.4, 0.5) is 0 Å². The first-order chi connectivity index (χ1) is 8.86. The van der Waals surface area contributed by atoms with Crippen LogP contribution >= 0.6 is 0 Å². The molecule has 2 aliphatic heterocycles. The molecule has 2 unspecified atom stereocenters. The molecule has 3 rings (SSSR count). The van der Waals surface area contributed by atoms with Gasteiger partial charge in [0.05, 0.1) is 6.33 Å². The second-order valence-electron chi connectivity index (χ2n) is 5.71. The van der Waals surface area contributed by atoms with Gasteiger partial charge < -0.3 is 14.8 Å². The molecule has 1 N–H and O–H groups in total. The summed E-state index contributed by atoms with van der Waals surface area (Å²) in [5, 5.41) is 3.45. The molecule has 0 spiro atoms. The van der Waals surface area contributed by atoms with Gasteiger partial charge in [-0.1, -0.05) is 6.92 Å². The molecule has 2 aliphatic rings. The lowest BCUT2D eigenvalue weighted by Gasteiger charge is -2.17. The monoisotopic (exact) mass is 248 g/mol. The average Bonchev–Trinajstić information content (AvgIpc) is 3.09. The third-order valence-corrected chi connectivity index (χ3v) is 4.50. The molecular formula is C14H24N4. The summed E-state index contributed by atoms with van der Waals surface area (Å²) in [6, 6.07) is 0. The Labute approximate surface area is 109 Å². The van der Waals surface area contributed by atoms with E-state index in [0.29, 0.717) is 5.92 Å². The van der Waals surface area contributed by atoms with E-state index in [1.807, 2.05) is 6.33 Å². The van der Waals surface area contributed by atoms with Crippen molar-refractivity contribution in [2.45, 2.75) is 32.2 Å². The lowest BCUT2D eigenvalue weighted by molar-refractivity contribution is 0.331. The van der Waals surface area contributed by atoms with Gasteiger partial charge in [0.25, 0.3) is 0 Å². The number of aromatic nitrogens is 2. The molecule has 2 atom stereocenters. The number of hydrogen-bond acceptors (Lipinski definition) is 3. The van der Waals surface area contributed by atoms with Gasteiger partial charge in [0, 0.05) is 37.4 Å². The summed E-state index contributed by atoms with van der Waals surface area (Å²) in [6.45, 7) is 9.42. The summed E-state index contributed by atoms with van der Waals surface area (Å²) in [6.07, 6.45) is 6.71. The summed E-state index contributed by atoms with van der Waals surface area (Å²) >= 11 is 0. The molecule has 0 aliphatic carbocycles. The van der Waals surface area contributed by atoms with Crippen LogP contribution in [0.2, 0.25) is 0 Å². The van der Waals surface area contributed by atoms with Crippen LogP contribution in [0.1, 0.15) is 31.4 Å². The van der Waals surface area contributed by atoms with Crippen molar-refractivity contribution in [2.24, 2.45) is 5.92 Å². The Bertz CT molecular complexity index is 381. The van der Waals surface area contributed by atoms with Crippen LogP contribution in [0.25, 0.3) is 0 Å². The first kappa shape index (κ1) is 12.2. The number of hydrogen-bond donors (Lipinski definition) is 1. The van der Waals surface area contributed by atoms with Gasteiger partial charge >= 0.3 is 0 Å². The Hall–Kier alpha value is -0.870. The molecule has 0 amide bonds. The summed E-state index contributed by atoms with van der Waals surface area (Å²) in [5.41, 5.74) is 1.44. The molecule has 100 valence electrons. The van der Waals surface area contributed by atoms with Gasteiger partial charge in [0.2, 0.25) is 0 Å². The van der Waals surface area contributed by atoms with E-state index >= 15 is 0 Å². The van der Waals surface area contributed by atoms with E-state index in [0.717, 1.165) is 25.6 Å². The maximum Gasteiger partial charge on any atom is 0.0948 e. The number of nitrogens with zero attached hydrogens (tertiary/aromatic N) is 3. The van der Waals surface area contributed by atoms with Gasteiger partial charge in [0.15, 0.2) is 0 Å². The van der Waals surface area contributed by atoms with E-state index in [2.05, 4.69) is 32.9 Å². The average molecular weight is 248 g/mol. The SMILES string of the molecule is CCN1CCC(Cn2cncc2C2CCNC2)C1. The van der Waals surface area contributed by atoms with Gasteiger partial charge in [-0.2, -0.15) is 0 Å². The maximum atomic E-state index is 4.37. The Morgan fingerprint density at radius 1 is 1.44 bits per heavy atom. The standard InChI is InChI=1S/C14H24N4/c1-2-17-6-4-12(9-17)10-18-11-16-8-14(18)13-3-5-15-7-13/h8,11-13,15H,2-7,9-10H2,1H3. The van der Waals surface area contributed by atoms with E-state index in [1.165, 1.54) is 38.2 Å². The van der Waals surface area contributed by atoms with E-state index in [4.69, 9.17) is 0 Å². The molecule has 4 heteroatoms. The van der Waals surface area contributed by atoms with Gasteiger partial charge in [-0.3, -0.25) is 0 Å². The molecule has 18 heavy (non-hydrogen) atoms. The van der Waals surface area contributed by atoms with Crippen LogP contribution in [0.3, 0.4) is 0 Å². The third-order valence-electron chi connectivity index (χ3n) is 4.50. The van der Waals surface area contributed by atoms with Crippen LogP contribution in [-0.4, -0.2) is 47.2 Å². The molecule has 0 bridgehead atoms. The van der Waals surface area contributed by atoms with Crippen molar-refractivity contribution in [3.8, 4) is 0 Å². The van der Waals surface area contributed by atoms with Crippen LogP contribution in [0.5, 0.6) is 0 Å². The minimum atomic E-state index is 0.677.